The summed E-state index contributed by atoms with van der Waals surface area (Å²) in [5, 5.41) is 13.1. The van der Waals surface area contributed by atoms with Crippen LogP contribution in [-0.2, 0) is 9.53 Å². The van der Waals surface area contributed by atoms with Gasteiger partial charge in [-0.3, -0.25) is 9.48 Å². The number of hydrogen-bond acceptors (Lipinski definition) is 3. The lowest BCUT2D eigenvalue weighted by atomic mass is 10.1. The fourth-order valence-corrected chi connectivity index (χ4v) is 1.81. The number of rotatable bonds is 3. The van der Waals surface area contributed by atoms with Gasteiger partial charge in [0.05, 0.1) is 24.3 Å². The summed E-state index contributed by atoms with van der Waals surface area (Å²) in [6.45, 7) is 3.03. The molecule has 1 aromatic rings. The minimum Gasteiger partial charge on any atom is -0.481 e. The van der Waals surface area contributed by atoms with Gasteiger partial charge >= 0.3 is 5.97 Å². The highest BCUT2D eigenvalue weighted by atomic mass is 16.5. The molecule has 0 saturated carbocycles. The molecule has 2 unspecified atom stereocenters. The third-order valence-corrected chi connectivity index (χ3v) is 2.77. The van der Waals surface area contributed by atoms with Gasteiger partial charge in [-0.25, -0.2) is 0 Å². The summed E-state index contributed by atoms with van der Waals surface area (Å²) < 4.78 is 7.05. The van der Waals surface area contributed by atoms with Crippen LogP contribution in [0.5, 0.6) is 0 Å². The minimum absolute atomic E-state index is 0.191. The van der Waals surface area contributed by atoms with E-state index in [0.29, 0.717) is 6.61 Å². The van der Waals surface area contributed by atoms with Gasteiger partial charge in [0.2, 0.25) is 0 Å². The maximum absolute atomic E-state index is 10.9. The van der Waals surface area contributed by atoms with Crippen molar-refractivity contribution in [2.75, 3.05) is 13.2 Å². The third kappa shape index (κ3) is 1.87. The second kappa shape index (κ2) is 4.02. The third-order valence-electron chi connectivity index (χ3n) is 2.77. The molecule has 15 heavy (non-hydrogen) atoms. The van der Waals surface area contributed by atoms with E-state index in [0.717, 1.165) is 18.7 Å². The lowest BCUT2D eigenvalue weighted by Gasteiger charge is -2.15. The first-order chi connectivity index (χ1) is 7.20. The fraction of sp³-hybridized carbons (Fsp3) is 0.600. The summed E-state index contributed by atoms with van der Waals surface area (Å²) in [6, 6.07) is 1.95. The first-order valence-electron chi connectivity index (χ1n) is 5.04. The zero-order chi connectivity index (χ0) is 10.8. The number of nitrogens with zero attached hydrogens (tertiary/aromatic N) is 2. The molecule has 0 bridgehead atoms. The van der Waals surface area contributed by atoms with Crippen LogP contribution in [0, 0.1) is 0 Å². The Hall–Kier alpha value is -1.36. The van der Waals surface area contributed by atoms with Crippen molar-refractivity contribution in [3.8, 4) is 0 Å². The molecule has 0 aromatic carbocycles. The Morgan fingerprint density at radius 1 is 1.80 bits per heavy atom. The molecule has 0 amide bonds. The number of aliphatic carboxylic acids is 1. The Bertz CT molecular complexity index is 355. The Morgan fingerprint density at radius 3 is 3.20 bits per heavy atom. The minimum atomic E-state index is -0.823. The Labute approximate surface area is 87.7 Å². The van der Waals surface area contributed by atoms with E-state index in [1.165, 1.54) is 0 Å². The van der Waals surface area contributed by atoms with E-state index >= 15 is 0 Å². The fourth-order valence-electron chi connectivity index (χ4n) is 1.81. The highest BCUT2D eigenvalue weighted by Gasteiger charge is 2.25. The van der Waals surface area contributed by atoms with Crippen LogP contribution in [0.25, 0.3) is 0 Å². The van der Waals surface area contributed by atoms with Gasteiger partial charge in [0, 0.05) is 12.8 Å². The van der Waals surface area contributed by atoms with Crippen molar-refractivity contribution >= 4 is 5.97 Å². The molecular formula is C10H14N2O3. The van der Waals surface area contributed by atoms with Gasteiger partial charge in [-0.15, -0.1) is 0 Å². The van der Waals surface area contributed by atoms with Gasteiger partial charge < -0.3 is 9.84 Å². The van der Waals surface area contributed by atoms with Crippen molar-refractivity contribution in [2.45, 2.75) is 25.3 Å². The lowest BCUT2D eigenvalue weighted by Crippen LogP contribution is -2.18. The molecule has 0 spiro atoms. The van der Waals surface area contributed by atoms with E-state index in [2.05, 4.69) is 5.10 Å². The molecule has 1 aliphatic rings. The summed E-state index contributed by atoms with van der Waals surface area (Å²) in [5.74, 6) is -1.34. The van der Waals surface area contributed by atoms with Crippen LogP contribution in [0.3, 0.4) is 0 Å². The molecule has 1 aromatic heterocycles. The van der Waals surface area contributed by atoms with Gasteiger partial charge in [-0.1, -0.05) is 0 Å². The molecule has 2 rings (SSSR count). The number of ether oxygens (including phenoxy) is 1. The summed E-state index contributed by atoms with van der Waals surface area (Å²) in [7, 11) is 0. The Balaban J connectivity index is 2.24. The molecule has 1 aliphatic heterocycles. The molecule has 82 valence electrons. The summed E-state index contributed by atoms with van der Waals surface area (Å²) in [6.07, 6.45) is 2.55. The number of carbonyl (C=O) groups is 1. The number of carboxylic acids is 1. The summed E-state index contributed by atoms with van der Waals surface area (Å²) in [5.41, 5.74) is 0.748. The average Bonchev–Trinajstić information content (AvgIpc) is 2.86. The quantitative estimate of drug-likeness (QED) is 0.809. The van der Waals surface area contributed by atoms with E-state index in [1.807, 2.05) is 0 Å². The zero-order valence-corrected chi connectivity index (χ0v) is 8.59. The Kier molecular flexibility index (Phi) is 2.73. The van der Waals surface area contributed by atoms with E-state index in [4.69, 9.17) is 9.84 Å². The predicted molar refractivity (Wildman–Crippen MR) is 52.8 cm³/mol. The van der Waals surface area contributed by atoms with Gasteiger partial charge in [-0.05, 0) is 19.4 Å². The molecule has 1 N–H and O–H groups in total. The van der Waals surface area contributed by atoms with Gasteiger partial charge in [-0.2, -0.15) is 5.10 Å². The second-order valence-corrected chi connectivity index (χ2v) is 3.78. The van der Waals surface area contributed by atoms with E-state index in [1.54, 1.807) is 23.9 Å². The first-order valence-corrected chi connectivity index (χ1v) is 5.04. The van der Waals surface area contributed by atoms with Crippen molar-refractivity contribution < 1.29 is 14.6 Å². The monoisotopic (exact) mass is 210 g/mol. The highest BCUT2D eigenvalue weighted by molar-refractivity contribution is 5.74. The van der Waals surface area contributed by atoms with Crippen LogP contribution in [0.2, 0.25) is 0 Å². The molecule has 2 atom stereocenters. The smallest absolute Gasteiger partial charge is 0.312 e. The molecule has 2 heterocycles. The van der Waals surface area contributed by atoms with Crippen LogP contribution in [0.4, 0.5) is 0 Å². The van der Waals surface area contributed by atoms with Crippen LogP contribution in [-0.4, -0.2) is 34.1 Å². The first kappa shape index (κ1) is 10.2. The largest absolute Gasteiger partial charge is 0.481 e. The van der Waals surface area contributed by atoms with E-state index in [9.17, 15) is 4.79 Å². The molecular weight excluding hydrogens is 196 g/mol. The average molecular weight is 210 g/mol. The van der Waals surface area contributed by atoms with Gasteiger partial charge in [0.1, 0.15) is 0 Å². The van der Waals surface area contributed by atoms with Crippen LogP contribution in [0.1, 0.15) is 31.0 Å². The molecule has 1 fully saturated rings. The second-order valence-electron chi connectivity index (χ2n) is 3.78. The lowest BCUT2D eigenvalue weighted by molar-refractivity contribution is -0.138. The van der Waals surface area contributed by atoms with Crippen LogP contribution >= 0.6 is 0 Å². The topological polar surface area (TPSA) is 64.3 Å². The summed E-state index contributed by atoms with van der Waals surface area (Å²) in [4.78, 5) is 10.9. The van der Waals surface area contributed by atoms with Crippen molar-refractivity contribution in [1.82, 2.24) is 9.78 Å². The summed E-state index contributed by atoms with van der Waals surface area (Å²) >= 11 is 0. The highest BCUT2D eigenvalue weighted by Crippen LogP contribution is 2.24. The zero-order valence-electron chi connectivity index (χ0n) is 8.59. The van der Waals surface area contributed by atoms with Gasteiger partial charge in [0.15, 0.2) is 0 Å². The number of hydrogen-bond donors (Lipinski definition) is 1. The van der Waals surface area contributed by atoms with Crippen molar-refractivity contribution in [1.29, 1.82) is 0 Å². The van der Waals surface area contributed by atoms with Crippen molar-refractivity contribution in [2.24, 2.45) is 0 Å². The maximum atomic E-state index is 10.9. The normalized spacial score (nSPS) is 22.9. The Morgan fingerprint density at radius 2 is 2.60 bits per heavy atom. The van der Waals surface area contributed by atoms with Crippen LogP contribution in [0.15, 0.2) is 12.3 Å². The maximum Gasteiger partial charge on any atom is 0.312 e. The molecule has 5 heteroatoms. The van der Waals surface area contributed by atoms with Gasteiger partial charge in [0.25, 0.3) is 0 Å². The van der Waals surface area contributed by atoms with Crippen molar-refractivity contribution in [3.05, 3.63) is 18.0 Å². The van der Waals surface area contributed by atoms with Crippen molar-refractivity contribution in [3.63, 3.8) is 0 Å². The standard InChI is InChI=1S/C10H14N2O3/c1-7(10(13)14)9-2-4-11-12(9)8-3-5-15-6-8/h2,4,7-8H,3,5-6H2,1H3,(H,13,14). The molecule has 0 radical (unpaired) electrons. The molecule has 1 saturated heterocycles. The number of carboxylic acid groups (broad SMARTS) is 1. The predicted octanol–water partition coefficient (Wildman–Crippen LogP) is 1.03. The SMILES string of the molecule is CC(C(=O)O)c1ccnn1C1CCOC1. The van der Waals surface area contributed by atoms with E-state index < -0.39 is 11.9 Å². The molecule has 0 aliphatic carbocycles. The molecule has 5 nitrogen and oxygen atoms in total. The van der Waals surface area contributed by atoms with E-state index in [-0.39, 0.29) is 6.04 Å². The number of aromatic nitrogens is 2. The van der Waals surface area contributed by atoms with Crippen LogP contribution < -0.4 is 0 Å².